The highest BCUT2D eigenvalue weighted by atomic mass is 16.5. The summed E-state index contributed by atoms with van der Waals surface area (Å²) in [5.41, 5.74) is -0.168. The van der Waals surface area contributed by atoms with Crippen molar-refractivity contribution in [2.45, 2.75) is 18.8 Å². The van der Waals surface area contributed by atoms with Crippen LogP contribution in [0.1, 0.15) is 24.5 Å². The van der Waals surface area contributed by atoms with Gasteiger partial charge in [-0.2, -0.15) is 5.16 Å². The van der Waals surface area contributed by atoms with Gasteiger partial charge in [0.05, 0.1) is 0 Å². The van der Waals surface area contributed by atoms with Crippen molar-refractivity contribution in [2.75, 3.05) is 18.0 Å². The number of anilines is 1. The molecule has 1 aliphatic heterocycles. The van der Waals surface area contributed by atoms with Crippen LogP contribution in [-0.4, -0.2) is 28.2 Å². The summed E-state index contributed by atoms with van der Waals surface area (Å²) in [6, 6.07) is 3.35. The molecule has 2 aromatic rings. The van der Waals surface area contributed by atoms with Gasteiger partial charge in [-0.15, -0.1) is 0 Å². The third-order valence-corrected chi connectivity index (χ3v) is 3.28. The normalized spacial score (nSPS) is 17.0. The van der Waals surface area contributed by atoms with Crippen LogP contribution in [0.3, 0.4) is 0 Å². The first-order valence-corrected chi connectivity index (χ1v) is 6.03. The van der Waals surface area contributed by atoms with Crippen molar-refractivity contribution in [3.8, 4) is 0 Å². The molecule has 6 heteroatoms. The van der Waals surface area contributed by atoms with Crippen LogP contribution in [0.5, 0.6) is 0 Å². The Morgan fingerprint density at radius 2 is 2.00 bits per heavy atom. The molecule has 0 radical (unpaired) electrons. The summed E-state index contributed by atoms with van der Waals surface area (Å²) >= 11 is 0. The molecule has 1 aliphatic rings. The molecule has 6 nitrogen and oxygen atoms in total. The smallest absolute Gasteiger partial charge is 0.280 e. The van der Waals surface area contributed by atoms with Crippen molar-refractivity contribution < 1.29 is 4.52 Å². The molecule has 3 heterocycles. The van der Waals surface area contributed by atoms with Crippen molar-refractivity contribution in [1.29, 1.82) is 0 Å². The Morgan fingerprint density at radius 1 is 1.28 bits per heavy atom. The average Bonchev–Trinajstić information content (AvgIpc) is 2.87. The Bertz CT molecular complexity index is 555. The molecule has 0 aromatic carbocycles. The molecule has 3 rings (SSSR count). The fourth-order valence-electron chi connectivity index (χ4n) is 2.32. The number of aromatic nitrogens is 3. The van der Waals surface area contributed by atoms with Crippen LogP contribution in [0.2, 0.25) is 0 Å². The lowest BCUT2D eigenvalue weighted by Gasteiger charge is -2.30. The number of hydrogen-bond donors (Lipinski definition) is 1. The number of nitrogens with zero attached hydrogens (tertiary/aromatic N) is 3. The molecule has 1 saturated heterocycles. The number of nitrogens with one attached hydrogen (secondary N) is 1. The highest BCUT2D eigenvalue weighted by Gasteiger charge is 2.24. The Hall–Kier alpha value is -2.11. The molecule has 1 fully saturated rings. The number of H-pyrrole nitrogens is 1. The second-order valence-electron chi connectivity index (χ2n) is 4.43. The molecule has 0 atom stereocenters. The van der Waals surface area contributed by atoms with Gasteiger partial charge < -0.3 is 9.42 Å². The zero-order valence-corrected chi connectivity index (χ0v) is 9.87. The van der Waals surface area contributed by atoms with E-state index < -0.39 is 0 Å². The van der Waals surface area contributed by atoms with Gasteiger partial charge >= 0.3 is 0 Å². The number of hydrogen-bond acceptors (Lipinski definition) is 5. The molecular formula is C12H14N4O2. The summed E-state index contributed by atoms with van der Waals surface area (Å²) in [7, 11) is 0. The van der Waals surface area contributed by atoms with Crippen molar-refractivity contribution in [1.82, 2.24) is 15.1 Å². The van der Waals surface area contributed by atoms with E-state index in [1.54, 1.807) is 18.5 Å². The molecular weight excluding hydrogens is 232 g/mol. The molecule has 0 bridgehead atoms. The monoisotopic (exact) mass is 246 g/mol. The van der Waals surface area contributed by atoms with Crippen molar-refractivity contribution in [3.05, 3.63) is 40.6 Å². The Kier molecular flexibility index (Phi) is 2.84. The largest absolute Gasteiger partial charge is 0.383 e. The van der Waals surface area contributed by atoms with Gasteiger partial charge in [-0.05, 0) is 18.9 Å². The van der Waals surface area contributed by atoms with E-state index in [1.165, 1.54) is 0 Å². The molecule has 0 spiro atoms. The van der Waals surface area contributed by atoms with Crippen LogP contribution >= 0.6 is 0 Å². The lowest BCUT2D eigenvalue weighted by molar-refractivity contribution is 0.333. The number of rotatable bonds is 2. The molecule has 0 aliphatic carbocycles. The maximum Gasteiger partial charge on any atom is 0.280 e. The molecule has 0 unspecified atom stereocenters. The van der Waals surface area contributed by atoms with Crippen molar-refractivity contribution >= 4 is 5.95 Å². The lowest BCUT2D eigenvalue weighted by atomic mass is 9.94. The predicted molar refractivity (Wildman–Crippen MR) is 65.5 cm³/mol. The minimum atomic E-state index is -0.168. The first kappa shape index (κ1) is 11.0. The fraction of sp³-hybridized carbons (Fsp3) is 0.417. The minimum absolute atomic E-state index is 0.168. The van der Waals surface area contributed by atoms with Gasteiger partial charge in [-0.25, -0.2) is 9.97 Å². The topological polar surface area (TPSA) is 75.0 Å². The quantitative estimate of drug-likeness (QED) is 0.860. The summed E-state index contributed by atoms with van der Waals surface area (Å²) in [6.07, 6.45) is 5.39. The van der Waals surface area contributed by atoms with Crippen LogP contribution in [-0.2, 0) is 0 Å². The molecule has 94 valence electrons. The van der Waals surface area contributed by atoms with Crippen LogP contribution in [0.4, 0.5) is 5.95 Å². The minimum Gasteiger partial charge on any atom is -0.383 e. The lowest BCUT2D eigenvalue weighted by Crippen LogP contribution is -2.34. The van der Waals surface area contributed by atoms with Gasteiger partial charge in [0.1, 0.15) is 5.76 Å². The predicted octanol–water partition coefficient (Wildman–Crippen LogP) is 1.14. The second kappa shape index (κ2) is 4.64. The highest BCUT2D eigenvalue weighted by Crippen LogP contribution is 2.28. The standard InChI is InChI=1S/C12H14N4O2/c17-11-8-10(18-15-11)9-2-6-16(7-3-9)12-13-4-1-5-14-12/h1,4-5,8-9H,2-3,6-7H2,(H,15,17). The van der Waals surface area contributed by atoms with E-state index in [9.17, 15) is 4.79 Å². The van der Waals surface area contributed by atoms with Gasteiger partial charge in [-0.1, -0.05) is 0 Å². The summed E-state index contributed by atoms with van der Waals surface area (Å²) in [4.78, 5) is 21.7. The van der Waals surface area contributed by atoms with E-state index in [1.807, 2.05) is 6.07 Å². The van der Waals surface area contributed by atoms with E-state index in [0.29, 0.717) is 5.92 Å². The number of aromatic amines is 1. The molecule has 0 saturated carbocycles. The van der Waals surface area contributed by atoms with E-state index in [4.69, 9.17) is 4.52 Å². The van der Waals surface area contributed by atoms with Gasteiger partial charge in [0.15, 0.2) is 0 Å². The molecule has 1 N–H and O–H groups in total. The van der Waals surface area contributed by atoms with E-state index in [-0.39, 0.29) is 5.56 Å². The first-order valence-electron chi connectivity index (χ1n) is 6.03. The maximum absolute atomic E-state index is 11.0. The van der Waals surface area contributed by atoms with Gasteiger partial charge in [-0.3, -0.25) is 4.79 Å². The third-order valence-electron chi connectivity index (χ3n) is 3.28. The number of piperidine rings is 1. The Labute approximate surface area is 104 Å². The Balaban J connectivity index is 1.66. The van der Waals surface area contributed by atoms with Crippen molar-refractivity contribution in [3.63, 3.8) is 0 Å². The summed E-state index contributed by atoms with van der Waals surface area (Å²) in [5, 5.41) is 2.34. The first-order chi connectivity index (χ1) is 8.83. The van der Waals surface area contributed by atoms with E-state index >= 15 is 0 Å². The third kappa shape index (κ3) is 2.13. The van der Waals surface area contributed by atoms with Crippen LogP contribution in [0.25, 0.3) is 0 Å². The summed E-state index contributed by atoms with van der Waals surface area (Å²) in [6.45, 7) is 1.76. The van der Waals surface area contributed by atoms with Gasteiger partial charge in [0.2, 0.25) is 5.95 Å². The summed E-state index contributed by atoms with van der Waals surface area (Å²) < 4.78 is 5.16. The molecule has 2 aromatic heterocycles. The van der Waals surface area contributed by atoms with Crippen molar-refractivity contribution in [2.24, 2.45) is 0 Å². The van der Waals surface area contributed by atoms with Crippen LogP contribution in [0.15, 0.2) is 33.8 Å². The van der Waals surface area contributed by atoms with E-state index in [2.05, 4.69) is 20.0 Å². The maximum atomic E-state index is 11.0. The fourth-order valence-corrected chi connectivity index (χ4v) is 2.32. The molecule has 0 amide bonds. The van der Waals surface area contributed by atoms with Crippen LogP contribution in [0, 0.1) is 0 Å². The SMILES string of the molecule is O=c1cc(C2CCN(c3ncccn3)CC2)o[nH]1. The van der Waals surface area contributed by atoms with Crippen LogP contribution < -0.4 is 10.5 Å². The van der Waals surface area contributed by atoms with Gasteiger partial charge in [0, 0.05) is 37.5 Å². The second-order valence-corrected chi connectivity index (χ2v) is 4.43. The molecule has 18 heavy (non-hydrogen) atoms. The highest BCUT2D eigenvalue weighted by molar-refractivity contribution is 5.29. The van der Waals surface area contributed by atoms with E-state index in [0.717, 1.165) is 37.6 Å². The Morgan fingerprint density at radius 3 is 2.61 bits per heavy atom. The zero-order valence-electron chi connectivity index (χ0n) is 9.87. The van der Waals surface area contributed by atoms with Gasteiger partial charge in [0.25, 0.3) is 5.56 Å². The zero-order chi connectivity index (χ0) is 12.4. The average molecular weight is 246 g/mol. The summed E-state index contributed by atoms with van der Waals surface area (Å²) in [5.74, 6) is 1.84.